The molecule has 0 saturated carbocycles. The Morgan fingerprint density at radius 1 is 1.10 bits per heavy atom. The Balaban J connectivity index is 1.85. The number of anilines is 1. The van der Waals surface area contributed by atoms with Crippen LogP contribution in [0.1, 0.15) is 50.0 Å². The molecule has 0 unspecified atom stereocenters. The van der Waals surface area contributed by atoms with Crippen molar-refractivity contribution in [2.45, 2.75) is 44.6 Å². The Hall–Kier alpha value is -3.13. The number of benzene rings is 2. The first-order chi connectivity index (χ1) is 14.8. The van der Waals surface area contributed by atoms with Gasteiger partial charge in [-0.05, 0) is 44.5 Å². The number of carbonyl (C=O) groups is 1. The molecule has 0 spiro atoms. The van der Waals surface area contributed by atoms with E-state index in [1.807, 2.05) is 51.1 Å². The van der Waals surface area contributed by atoms with E-state index in [1.165, 1.54) is 6.20 Å². The van der Waals surface area contributed by atoms with Gasteiger partial charge in [0.2, 0.25) is 0 Å². The lowest BCUT2D eigenvalue weighted by Gasteiger charge is -2.09. The minimum Gasteiger partial charge on any atom is -0.462 e. The third-order valence-corrected chi connectivity index (χ3v) is 6.05. The molecule has 2 aromatic carbocycles. The molecule has 0 bridgehead atoms. The molecule has 0 amide bonds. The third kappa shape index (κ3) is 5.52. The molecule has 7 nitrogen and oxygen atoms in total. The Morgan fingerprint density at radius 3 is 2.39 bits per heavy atom. The van der Waals surface area contributed by atoms with Gasteiger partial charge in [-0.1, -0.05) is 43.7 Å². The van der Waals surface area contributed by atoms with E-state index < -0.39 is 16.0 Å². The van der Waals surface area contributed by atoms with E-state index >= 15 is 0 Å². The molecular formula is C23H27N3O4S. The van der Waals surface area contributed by atoms with Crippen LogP contribution in [-0.4, -0.2) is 30.8 Å². The Bertz CT molecular complexity index is 1120. The van der Waals surface area contributed by atoms with E-state index in [2.05, 4.69) is 9.82 Å². The number of ether oxygens (including phenoxy) is 1. The molecule has 3 rings (SSSR count). The molecule has 31 heavy (non-hydrogen) atoms. The summed E-state index contributed by atoms with van der Waals surface area (Å²) in [5.41, 5.74) is 1.82. The smallest absolute Gasteiger partial charge is 0.338 e. The van der Waals surface area contributed by atoms with Crippen molar-refractivity contribution in [1.82, 2.24) is 9.78 Å². The minimum absolute atomic E-state index is 0.00409. The lowest BCUT2D eigenvalue weighted by atomic mass is 10.2. The number of aromatic nitrogens is 2. The van der Waals surface area contributed by atoms with Gasteiger partial charge in [-0.3, -0.25) is 9.40 Å². The third-order valence-electron chi connectivity index (χ3n) is 4.67. The summed E-state index contributed by atoms with van der Waals surface area (Å²) in [6.45, 7) is 6.25. The highest BCUT2D eigenvalue weighted by Gasteiger charge is 2.24. The molecule has 1 aromatic heterocycles. The van der Waals surface area contributed by atoms with Crippen LogP contribution in [0.15, 0.2) is 65.7 Å². The highest BCUT2D eigenvalue weighted by Crippen LogP contribution is 2.28. The molecule has 0 aliphatic heterocycles. The highest BCUT2D eigenvalue weighted by atomic mass is 32.2. The molecule has 1 heterocycles. The SMILES string of the molecule is CCCCOC(=O)c1ccc(NS(=O)(=O)c2cn(C(C)C)nc2-c2ccccc2)cc1. The fourth-order valence-corrected chi connectivity index (χ4v) is 4.13. The molecule has 0 saturated heterocycles. The summed E-state index contributed by atoms with van der Waals surface area (Å²) in [5.74, 6) is -0.424. The van der Waals surface area contributed by atoms with Gasteiger partial charge in [-0.15, -0.1) is 0 Å². The first kappa shape index (κ1) is 22.6. The van der Waals surface area contributed by atoms with Crippen LogP contribution in [0.5, 0.6) is 0 Å². The first-order valence-electron chi connectivity index (χ1n) is 10.3. The van der Waals surface area contributed by atoms with Gasteiger partial charge in [0.25, 0.3) is 10.0 Å². The van der Waals surface area contributed by atoms with E-state index in [1.54, 1.807) is 28.9 Å². The molecule has 0 radical (unpaired) electrons. The molecule has 0 atom stereocenters. The number of sulfonamides is 1. The molecule has 3 aromatic rings. The summed E-state index contributed by atoms with van der Waals surface area (Å²) in [7, 11) is -3.90. The fraction of sp³-hybridized carbons (Fsp3) is 0.304. The Kier molecular flexibility index (Phi) is 7.12. The summed E-state index contributed by atoms with van der Waals surface area (Å²) < 4.78 is 35.7. The van der Waals surface area contributed by atoms with Crippen LogP contribution >= 0.6 is 0 Å². The van der Waals surface area contributed by atoms with Gasteiger partial charge >= 0.3 is 5.97 Å². The number of carbonyl (C=O) groups excluding carboxylic acids is 1. The van der Waals surface area contributed by atoms with Gasteiger partial charge in [0.05, 0.1) is 12.2 Å². The van der Waals surface area contributed by atoms with Crippen molar-refractivity contribution in [2.75, 3.05) is 11.3 Å². The number of hydrogen-bond donors (Lipinski definition) is 1. The van der Waals surface area contributed by atoms with Crippen molar-refractivity contribution in [3.8, 4) is 11.3 Å². The van der Waals surface area contributed by atoms with Gasteiger partial charge in [-0.2, -0.15) is 5.10 Å². The Labute approximate surface area is 183 Å². The fourth-order valence-electron chi connectivity index (χ4n) is 2.91. The van der Waals surface area contributed by atoms with Crippen molar-refractivity contribution < 1.29 is 17.9 Å². The number of rotatable bonds is 9. The number of unbranched alkanes of at least 4 members (excludes halogenated alkanes) is 1. The van der Waals surface area contributed by atoms with Gasteiger partial charge in [0, 0.05) is 23.5 Å². The number of hydrogen-bond acceptors (Lipinski definition) is 5. The van der Waals surface area contributed by atoms with Crippen LogP contribution in [-0.2, 0) is 14.8 Å². The molecule has 164 valence electrons. The van der Waals surface area contributed by atoms with E-state index in [0.717, 1.165) is 12.8 Å². The lowest BCUT2D eigenvalue weighted by Crippen LogP contribution is -2.14. The van der Waals surface area contributed by atoms with Crippen molar-refractivity contribution in [3.63, 3.8) is 0 Å². The maximum atomic E-state index is 13.2. The van der Waals surface area contributed by atoms with Gasteiger partial charge in [0.1, 0.15) is 10.6 Å². The quantitative estimate of drug-likeness (QED) is 0.377. The summed E-state index contributed by atoms with van der Waals surface area (Å²) in [4.78, 5) is 12.1. The van der Waals surface area contributed by atoms with Crippen molar-refractivity contribution in [3.05, 3.63) is 66.4 Å². The topological polar surface area (TPSA) is 90.3 Å². The largest absolute Gasteiger partial charge is 0.462 e. The zero-order valence-electron chi connectivity index (χ0n) is 17.9. The zero-order valence-corrected chi connectivity index (χ0v) is 18.7. The summed E-state index contributed by atoms with van der Waals surface area (Å²) in [6, 6.07) is 15.4. The summed E-state index contributed by atoms with van der Waals surface area (Å²) in [5, 5.41) is 4.50. The molecular weight excluding hydrogens is 414 g/mol. The summed E-state index contributed by atoms with van der Waals surface area (Å²) >= 11 is 0. The second-order valence-electron chi connectivity index (χ2n) is 7.45. The lowest BCUT2D eigenvalue weighted by molar-refractivity contribution is 0.0500. The number of esters is 1. The molecule has 0 fully saturated rings. The molecule has 0 aliphatic rings. The van der Waals surface area contributed by atoms with E-state index in [4.69, 9.17) is 4.74 Å². The first-order valence-corrected chi connectivity index (χ1v) is 11.7. The highest BCUT2D eigenvalue weighted by molar-refractivity contribution is 7.92. The average Bonchev–Trinajstić information content (AvgIpc) is 3.22. The predicted octanol–water partition coefficient (Wildman–Crippen LogP) is 4.89. The van der Waals surface area contributed by atoms with Gasteiger partial charge < -0.3 is 4.74 Å². The monoisotopic (exact) mass is 441 g/mol. The second kappa shape index (κ2) is 9.78. The van der Waals surface area contributed by atoms with Crippen molar-refractivity contribution in [2.24, 2.45) is 0 Å². The van der Waals surface area contributed by atoms with E-state index in [0.29, 0.717) is 29.1 Å². The molecule has 1 N–H and O–H groups in total. The van der Waals surface area contributed by atoms with Crippen molar-refractivity contribution >= 4 is 21.7 Å². The molecule has 0 aliphatic carbocycles. The summed E-state index contributed by atoms with van der Waals surface area (Å²) in [6.07, 6.45) is 3.28. The van der Waals surface area contributed by atoms with Crippen LogP contribution < -0.4 is 4.72 Å². The Morgan fingerprint density at radius 2 is 1.77 bits per heavy atom. The number of nitrogens with one attached hydrogen (secondary N) is 1. The minimum atomic E-state index is -3.90. The van der Waals surface area contributed by atoms with Crippen LogP contribution in [0.2, 0.25) is 0 Å². The second-order valence-corrected chi connectivity index (χ2v) is 9.10. The van der Waals surface area contributed by atoms with Crippen LogP contribution in [0, 0.1) is 0 Å². The van der Waals surface area contributed by atoms with Crippen LogP contribution in [0.25, 0.3) is 11.3 Å². The van der Waals surface area contributed by atoms with Crippen LogP contribution in [0.3, 0.4) is 0 Å². The van der Waals surface area contributed by atoms with Gasteiger partial charge in [-0.25, -0.2) is 13.2 Å². The normalized spacial score (nSPS) is 11.5. The van der Waals surface area contributed by atoms with Gasteiger partial charge in [0.15, 0.2) is 0 Å². The van der Waals surface area contributed by atoms with E-state index in [-0.39, 0.29) is 10.9 Å². The maximum absolute atomic E-state index is 13.2. The standard InChI is InChI=1S/C23H27N3O4S/c1-4-5-15-30-23(27)19-11-13-20(14-12-19)25-31(28,29)21-16-26(17(2)3)24-22(21)18-9-7-6-8-10-18/h6-14,16-17,25H,4-5,15H2,1-3H3. The zero-order chi connectivity index (χ0) is 22.4. The maximum Gasteiger partial charge on any atom is 0.338 e. The number of nitrogens with zero attached hydrogens (tertiary/aromatic N) is 2. The van der Waals surface area contributed by atoms with E-state index in [9.17, 15) is 13.2 Å². The van der Waals surface area contributed by atoms with Crippen LogP contribution in [0.4, 0.5) is 5.69 Å². The average molecular weight is 442 g/mol. The van der Waals surface area contributed by atoms with Crippen molar-refractivity contribution in [1.29, 1.82) is 0 Å². The predicted molar refractivity (Wildman–Crippen MR) is 120 cm³/mol. The molecule has 8 heteroatoms.